The quantitative estimate of drug-likeness (QED) is 0.213. The molecule has 0 amide bonds. The molecule has 1 atom stereocenters. The van der Waals surface area contributed by atoms with Crippen LogP contribution in [0.15, 0.2) is 85.2 Å². The zero-order valence-corrected chi connectivity index (χ0v) is 24.3. The van der Waals surface area contributed by atoms with Crippen molar-refractivity contribution >= 4 is 22.7 Å². The zero-order valence-electron chi connectivity index (χ0n) is 24.3. The highest BCUT2D eigenvalue weighted by atomic mass is 15.3. The molecular formula is C34H39N7. The van der Waals surface area contributed by atoms with Gasteiger partial charge in [-0.2, -0.15) is 0 Å². The molecule has 0 radical (unpaired) electrons. The molecular weight excluding hydrogens is 506 g/mol. The maximum atomic E-state index is 5.05. The molecule has 2 aromatic heterocycles. The molecule has 41 heavy (non-hydrogen) atoms. The van der Waals surface area contributed by atoms with Gasteiger partial charge in [0.25, 0.3) is 0 Å². The number of para-hydroxylation sites is 1. The van der Waals surface area contributed by atoms with E-state index in [9.17, 15) is 0 Å². The highest BCUT2D eigenvalue weighted by molar-refractivity contribution is 5.88. The molecule has 5 aromatic rings. The summed E-state index contributed by atoms with van der Waals surface area (Å²) in [4.78, 5) is 19.5. The first-order valence-electron chi connectivity index (χ1n) is 14.7. The van der Waals surface area contributed by atoms with Crippen molar-refractivity contribution in [2.45, 2.75) is 39.7 Å². The molecule has 1 aliphatic rings. The smallest absolute Gasteiger partial charge is 0.170 e. The van der Waals surface area contributed by atoms with E-state index < -0.39 is 0 Å². The Morgan fingerprint density at radius 1 is 0.854 bits per heavy atom. The van der Waals surface area contributed by atoms with Gasteiger partial charge in [0.2, 0.25) is 0 Å². The van der Waals surface area contributed by atoms with E-state index in [1.54, 1.807) is 6.33 Å². The highest BCUT2D eigenvalue weighted by Crippen LogP contribution is 2.30. The van der Waals surface area contributed by atoms with Crippen LogP contribution in [0.2, 0.25) is 0 Å². The normalized spacial score (nSPS) is 15.9. The summed E-state index contributed by atoms with van der Waals surface area (Å²) >= 11 is 0. The number of nitrogens with one attached hydrogen (secondary N) is 1. The summed E-state index contributed by atoms with van der Waals surface area (Å²) in [6.45, 7) is 12.0. The summed E-state index contributed by atoms with van der Waals surface area (Å²) in [6.07, 6.45) is 3.85. The largest absolute Gasteiger partial charge is 0.368 e. The number of unbranched alkanes of at least 4 members (excludes halogenated alkanes) is 1. The number of rotatable bonds is 9. The standard InChI is InChI=1S/C34H39N7/c1-25-13-12-18-30(27(25)3)40-22-21-39(26(2)23-40)20-11-10-19-35-32-31-34(37-24-36-32)41(29-16-8-5-9-17-29)33(38-31)28-14-6-4-7-15-28/h4-9,12-18,24,26H,10-11,19-23H2,1-3H3,(H,35,36,37). The van der Waals surface area contributed by atoms with Gasteiger partial charge in [0.1, 0.15) is 12.2 Å². The van der Waals surface area contributed by atoms with Crippen molar-refractivity contribution < 1.29 is 0 Å². The van der Waals surface area contributed by atoms with Crippen molar-refractivity contribution in [3.05, 3.63) is 96.3 Å². The number of anilines is 2. The van der Waals surface area contributed by atoms with Gasteiger partial charge in [-0.05, 0) is 69.5 Å². The number of fused-ring (bicyclic) bond motifs is 1. The lowest BCUT2D eigenvalue weighted by Gasteiger charge is -2.41. The minimum Gasteiger partial charge on any atom is -0.368 e. The van der Waals surface area contributed by atoms with Crippen LogP contribution in [0.25, 0.3) is 28.2 Å². The molecule has 7 heteroatoms. The van der Waals surface area contributed by atoms with Gasteiger partial charge in [0.15, 0.2) is 17.0 Å². The van der Waals surface area contributed by atoms with E-state index in [1.165, 1.54) is 16.8 Å². The first-order chi connectivity index (χ1) is 20.1. The van der Waals surface area contributed by atoms with E-state index in [0.717, 1.165) is 79.6 Å². The molecule has 1 fully saturated rings. The molecule has 6 rings (SSSR count). The predicted octanol–water partition coefficient (Wildman–Crippen LogP) is 6.50. The summed E-state index contributed by atoms with van der Waals surface area (Å²) < 4.78 is 2.12. The lowest BCUT2D eigenvalue weighted by molar-refractivity contribution is 0.186. The number of hydrogen-bond acceptors (Lipinski definition) is 6. The van der Waals surface area contributed by atoms with Crippen LogP contribution in [0.5, 0.6) is 0 Å². The molecule has 1 N–H and O–H groups in total. The number of piperazine rings is 1. The van der Waals surface area contributed by atoms with Crippen molar-refractivity contribution in [3.63, 3.8) is 0 Å². The third-order valence-corrected chi connectivity index (χ3v) is 8.34. The fourth-order valence-electron chi connectivity index (χ4n) is 5.90. The summed E-state index contributed by atoms with van der Waals surface area (Å²) in [5.41, 5.74) is 7.85. The van der Waals surface area contributed by atoms with Crippen LogP contribution in [0.4, 0.5) is 11.5 Å². The fraction of sp³-hybridized carbons (Fsp3) is 0.324. The second-order valence-electron chi connectivity index (χ2n) is 11.1. The van der Waals surface area contributed by atoms with Crippen molar-refractivity contribution in [1.29, 1.82) is 0 Å². The number of aromatic nitrogens is 4. The van der Waals surface area contributed by atoms with Crippen LogP contribution in [-0.4, -0.2) is 63.2 Å². The molecule has 7 nitrogen and oxygen atoms in total. The highest BCUT2D eigenvalue weighted by Gasteiger charge is 2.24. The molecule has 0 saturated carbocycles. The zero-order chi connectivity index (χ0) is 28.2. The number of aryl methyl sites for hydroxylation is 1. The predicted molar refractivity (Wildman–Crippen MR) is 169 cm³/mol. The number of nitrogens with zero attached hydrogens (tertiary/aromatic N) is 6. The van der Waals surface area contributed by atoms with Crippen molar-refractivity contribution in [2.75, 3.05) is 42.9 Å². The molecule has 1 aliphatic heterocycles. The van der Waals surface area contributed by atoms with Crippen LogP contribution >= 0.6 is 0 Å². The van der Waals surface area contributed by atoms with E-state index in [4.69, 9.17) is 4.98 Å². The maximum Gasteiger partial charge on any atom is 0.170 e. The monoisotopic (exact) mass is 545 g/mol. The van der Waals surface area contributed by atoms with Crippen LogP contribution in [-0.2, 0) is 0 Å². The molecule has 0 aliphatic carbocycles. The molecule has 0 bridgehead atoms. The minimum atomic E-state index is 0.538. The minimum absolute atomic E-state index is 0.538. The summed E-state index contributed by atoms with van der Waals surface area (Å²) in [7, 11) is 0. The number of imidazole rings is 1. The van der Waals surface area contributed by atoms with Gasteiger partial charge in [-0.1, -0.05) is 60.7 Å². The lowest BCUT2D eigenvalue weighted by Crippen LogP contribution is -2.52. The van der Waals surface area contributed by atoms with Crippen molar-refractivity contribution in [1.82, 2.24) is 24.4 Å². The van der Waals surface area contributed by atoms with Gasteiger partial charge in [-0.25, -0.2) is 15.0 Å². The summed E-state index contributed by atoms with van der Waals surface area (Å²) in [5, 5.41) is 3.57. The summed E-state index contributed by atoms with van der Waals surface area (Å²) in [6, 6.07) is 27.8. The third-order valence-electron chi connectivity index (χ3n) is 8.34. The molecule has 0 spiro atoms. The fourth-order valence-corrected chi connectivity index (χ4v) is 5.90. The molecule has 1 saturated heterocycles. The second-order valence-corrected chi connectivity index (χ2v) is 11.1. The summed E-state index contributed by atoms with van der Waals surface area (Å²) in [5.74, 6) is 1.65. The number of hydrogen-bond donors (Lipinski definition) is 1. The molecule has 3 aromatic carbocycles. The van der Waals surface area contributed by atoms with E-state index >= 15 is 0 Å². The number of benzene rings is 3. The van der Waals surface area contributed by atoms with Crippen LogP contribution in [0, 0.1) is 13.8 Å². The van der Waals surface area contributed by atoms with Crippen LogP contribution < -0.4 is 10.2 Å². The van der Waals surface area contributed by atoms with Gasteiger partial charge in [0.05, 0.1) is 0 Å². The van der Waals surface area contributed by atoms with Crippen LogP contribution in [0.3, 0.4) is 0 Å². The Morgan fingerprint density at radius 2 is 1.63 bits per heavy atom. The van der Waals surface area contributed by atoms with E-state index in [0.29, 0.717) is 6.04 Å². The first-order valence-corrected chi connectivity index (χ1v) is 14.7. The van der Waals surface area contributed by atoms with Crippen molar-refractivity contribution in [2.24, 2.45) is 0 Å². The molecule has 3 heterocycles. The van der Waals surface area contributed by atoms with Crippen molar-refractivity contribution in [3.8, 4) is 17.1 Å². The maximum absolute atomic E-state index is 5.05. The van der Waals surface area contributed by atoms with Gasteiger partial charge in [-0.15, -0.1) is 0 Å². The van der Waals surface area contributed by atoms with Gasteiger partial charge >= 0.3 is 0 Å². The second kappa shape index (κ2) is 12.1. The van der Waals surface area contributed by atoms with Gasteiger partial charge in [-0.3, -0.25) is 9.47 Å². The Morgan fingerprint density at radius 3 is 2.41 bits per heavy atom. The van der Waals surface area contributed by atoms with E-state index in [2.05, 4.69) is 92.9 Å². The van der Waals surface area contributed by atoms with Gasteiger partial charge in [0, 0.05) is 49.2 Å². The van der Waals surface area contributed by atoms with Gasteiger partial charge < -0.3 is 10.2 Å². The molecule has 1 unspecified atom stereocenters. The third kappa shape index (κ3) is 5.68. The Kier molecular flexibility index (Phi) is 7.96. The lowest BCUT2D eigenvalue weighted by atomic mass is 10.1. The Labute approximate surface area is 242 Å². The van der Waals surface area contributed by atoms with E-state index in [1.807, 2.05) is 36.4 Å². The Bertz CT molecular complexity index is 1600. The SMILES string of the molecule is Cc1cccc(N2CCN(CCCCNc3ncnc4c3nc(-c3ccccc3)n4-c3ccccc3)C(C)C2)c1C. The van der Waals surface area contributed by atoms with Crippen LogP contribution in [0.1, 0.15) is 30.9 Å². The topological polar surface area (TPSA) is 62.1 Å². The average Bonchev–Trinajstić information content (AvgIpc) is 3.40. The Balaban J connectivity index is 1.09. The molecule has 210 valence electrons. The van der Waals surface area contributed by atoms with E-state index in [-0.39, 0.29) is 0 Å². The first kappa shape index (κ1) is 27.0. The average molecular weight is 546 g/mol. The Hall–Kier alpha value is -4.23.